The molecule has 0 aliphatic heterocycles. The van der Waals surface area contributed by atoms with Crippen LogP contribution in [0.4, 0.5) is 10.1 Å². The molecule has 1 amide bonds. The van der Waals surface area contributed by atoms with Gasteiger partial charge >= 0.3 is 0 Å². The largest absolute Gasteiger partial charge is 0.353 e. The van der Waals surface area contributed by atoms with Crippen molar-refractivity contribution in [2.75, 3.05) is 18.5 Å². The highest BCUT2D eigenvalue weighted by atomic mass is 19.1. The second-order valence-corrected chi connectivity index (χ2v) is 9.61. The first-order chi connectivity index (χ1) is 18.9. The Balaban J connectivity index is 1.97. The zero-order valence-electron chi connectivity index (χ0n) is 23.1. The Kier molecular flexibility index (Phi) is 9.69. The fourth-order valence-corrected chi connectivity index (χ4v) is 5.03. The molecule has 6 heteroatoms. The van der Waals surface area contributed by atoms with E-state index in [-0.39, 0.29) is 23.9 Å². The molecule has 204 valence electrons. The molecule has 1 N–H and O–H groups in total. The molecule has 3 aromatic carbocycles. The number of para-hydroxylation sites is 1. The monoisotopic (exact) mass is 528 g/mol. The van der Waals surface area contributed by atoms with Crippen LogP contribution < -0.4 is 5.32 Å². The average Bonchev–Trinajstić information content (AvgIpc) is 3.29. The molecule has 0 radical (unpaired) electrons. The lowest BCUT2D eigenvalue weighted by Gasteiger charge is -2.21. The van der Waals surface area contributed by atoms with Gasteiger partial charge in [-0.25, -0.2) is 4.39 Å². The molecule has 0 spiro atoms. The SMILES string of the molecule is CCOC(CCn1c(-c2ccc(F)cc2)c(-c2ccccc2)c(C(=O)Nc2ccccc2)c1C(C)C)OCC. The van der Waals surface area contributed by atoms with Crippen molar-refractivity contribution in [3.63, 3.8) is 0 Å². The van der Waals surface area contributed by atoms with Gasteiger partial charge in [0, 0.05) is 43.1 Å². The van der Waals surface area contributed by atoms with E-state index < -0.39 is 0 Å². The minimum atomic E-state index is -0.370. The molecule has 0 unspecified atom stereocenters. The second kappa shape index (κ2) is 13.4. The Hall–Kier alpha value is -3.74. The van der Waals surface area contributed by atoms with Crippen LogP contribution in [0.5, 0.6) is 0 Å². The van der Waals surface area contributed by atoms with Gasteiger partial charge in [0.15, 0.2) is 6.29 Å². The van der Waals surface area contributed by atoms with Gasteiger partial charge in [0.05, 0.1) is 11.3 Å². The molecule has 1 aromatic heterocycles. The molecule has 0 atom stereocenters. The van der Waals surface area contributed by atoms with E-state index in [2.05, 4.69) is 23.7 Å². The number of aromatic nitrogens is 1. The van der Waals surface area contributed by atoms with Gasteiger partial charge in [-0.2, -0.15) is 0 Å². The Morgan fingerprint density at radius 3 is 2.00 bits per heavy atom. The Morgan fingerprint density at radius 1 is 0.846 bits per heavy atom. The summed E-state index contributed by atoms with van der Waals surface area (Å²) in [7, 11) is 0. The first-order valence-corrected chi connectivity index (χ1v) is 13.6. The van der Waals surface area contributed by atoms with Gasteiger partial charge in [-0.1, -0.05) is 62.4 Å². The van der Waals surface area contributed by atoms with Crippen LogP contribution in [0, 0.1) is 5.82 Å². The number of carbonyl (C=O) groups excluding carboxylic acids is 1. The molecule has 0 aliphatic rings. The Bertz CT molecular complexity index is 1340. The van der Waals surface area contributed by atoms with Crippen molar-refractivity contribution in [1.29, 1.82) is 0 Å². The molecule has 0 aliphatic carbocycles. The number of rotatable bonds is 12. The van der Waals surface area contributed by atoms with Crippen molar-refractivity contribution >= 4 is 11.6 Å². The molecular weight excluding hydrogens is 491 g/mol. The third-order valence-electron chi connectivity index (χ3n) is 6.58. The summed E-state index contributed by atoms with van der Waals surface area (Å²) >= 11 is 0. The fraction of sp³-hybridized carbons (Fsp3) is 0.303. The molecule has 5 nitrogen and oxygen atoms in total. The summed E-state index contributed by atoms with van der Waals surface area (Å²) in [5, 5.41) is 3.11. The van der Waals surface area contributed by atoms with E-state index in [0.29, 0.717) is 31.7 Å². The number of amides is 1. The highest BCUT2D eigenvalue weighted by Crippen LogP contribution is 2.42. The van der Waals surface area contributed by atoms with Crippen LogP contribution in [0.25, 0.3) is 22.4 Å². The topological polar surface area (TPSA) is 52.5 Å². The maximum Gasteiger partial charge on any atom is 0.258 e. The molecule has 0 saturated heterocycles. The normalized spacial score (nSPS) is 11.4. The van der Waals surface area contributed by atoms with Crippen LogP contribution in [0.2, 0.25) is 0 Å². The van der Waals surface area contributed by atoms with Crippen molar-refractivity contribution in [3.8, 4) is 22.4 Å². The van der Waals surface area contributed by atoms with Gasteiger partial charge in [-0.05, 0) is 67.3 Å². The molecule has 0 fully saturated rings. The number of nitrogens with one attached hydrogen (secondary N) is 1. The minimum Gasteiger partial charge on any atom is -0.353 e. The summed E-state index contributed by atoms with van der Waals surface area (Å²) in [6, 6.07) is 25.9. The maximum absolute atomic E-state index is 14.1. The summed E-state index contributed by atoms with van der Waals surface area (Å²) in [6.07, 6.45) is 0.225. The summed E-state index contributed by atoms with van der Waals surface area (Å²) in [5.41, 5.74) is 5.69. The van der Waals surface area contributed by atoms with Gasteiger partial charge in [-0.15, -0.1) is 0 Å². The molecule has 1 heterocycles. The molecule has 4 rings (SSSR count). The number of benzene rings is 3. The zero-order valence-corrected chi connectivity index (χ0v) is 23.1. The molecule has 0 saturated carbocycles. The third-order valence-corrected chi connectivity index (χ3v) is 6.58. The number of anilines is 1. The molecule has 0 bridgehead atoms. The molecule has 39 heavy (non-hydrogen) atoms. The van der Waals surface area contributed by atoms with Crippen LogP contribution >= 0.6 is 0 Å². The van der Waals surface area contributed by atoms with Gasteiger partial charge in [0.2, 0.25) is 0 Å². The first-order valence-electron chi connectivity index (χ1n) is 13.6. The zero-order chi connectivity index (χ0) is 27.8. The quantitative estimate of drug-likeness (QED) is 0.189. The van der Waals surface area contributed by atoms with Crippen molar-refractivity contribution in [1.82, 2.24) is 4.57 Å². The van der Waals surface area contributed by atoms with E-state index in [1.54, 1.807) is 12.1 Å². The van der Waals surface area contributed by atoms with E-state index in [1.165, 1.54) is 12.1 Å². The minimum absolute atomic E-state index is 0.0239. The molecular formula is C33H37FN2O3. The third kappa shape index (κ3) is 6.64. The number of carbonyl (C=O) groups is 1. The molecule has 4 aromatic rings. The van der Waals surface area contributed by atoms with E-state index in [0.717, 1.165) is 33.8 Å². The highest BCUT2D eigenvalue weighted by molar-refractivity contribution is 6.12. The average molecular weight is 529 g/mol. The first kappa shape index (κ1) is 28.3. The Labute approximate surface area is 230 Å². The van der Waals surface area contributed by atoms with Gasteiger partial charge in [0.1, 0.15) is 5.82 Å². The van der Waals surface area contributed by atoms with Gasteiger partial charge in [-0.3, -0.25) is 4.79 Å². The predicted molar refractivity (Wildman–Crippen MR) is 155 cm³/mol. The summed E-state index contributed by atoms with van der Waals surface area (Å²) in [6.45, 7) is 9.73. The number of hydrogen-bond acceptors (Lipinski definition) is 3. The second-order valence-electron chi connectivity index (χ2n) is 9.61. The Morgan fingerprint density at radius 2 is 1.44 bits per heavy atom. The lowest BCUT2D eigenvalue weighted by atomic mass is 9.94. The van der Waals surface area contributed by atoms with E-state index in [9.17, 15) is 9.18 Å². The van der Waals surface area contributed by atoms with Crippen LogP contribution in [-0.2, 0) is 16.0 Å². The van der Waals surface area contributed by atoms with Crippen molar-refractivity contribution in [3.05, 3.63) is 102 Å². The smallest absolute Gasteiger partial charge is 0.258 e. The lowest BCUT2D eigenvalue weighted by molar-refractivity contribution is -0.140. The van der Waals surface area contributed by atoms with Gasteiger partial charge in [0.25, 0.3) is 5.91 Å². The van der Waals surface area contributed by atoms with E-state index in [4.69, 9.17) is 9.47 Å². The standard InChI is InChI=1S/C33H37FN2O3/c1-5-38-28(39-6-2)21-22-36-31(23(3)4)30(33(37)35-27-15-11-8-12-16-27)29(24-13-9-7-10-14-24)32(36)25-17-19-26(34)20-18-25/h7-20,23,28H,5-6,21-22H2,1-4H3,(H,35,37). The van der Waals surface area contributed by atoms with E-state index in [1.807, 2.05) is 74.5 Å². The summed E-state index contributed by atoms with van der Waals surface area (Å²) in [5.74, 6) is -0.468. The van der Waals surface area contributed by atoms with Crippen LogP contribution in [0.15, 0.2) is 84.9 Å². The van der Waals surface area contributed by atoms with Crippen molar-refractivity contribution in [2.45, 2.75) is 52.9 Å². The number of ether oxygens (including phenoxy) is 2. The number of hydrogen-bond donors (Lipinski definition) is 1. The maximum atomic E-state index is 14.1. The van der Waals surface area contributed by atoms with Crippen LogP contribution in [0.1, 0.15) is 56.1 Å². The number of halogens is 1. The summed E-state index contributed by atoms with van der Waals surface area (Å²) < 4.78 is 27.9. The van der Waals surface area contributed by atoms with Gasteiger partial charge < -0.3 is 19.4 Å². The fourth-order valence-electron chi connectivity index (χ4n) is 5.03. The van der Waals surface area contributed by atoms with Crippen LogP contribution in [0.3, 0.4) is 0 Å². The van der Waals surface area contributed by atoms with Crippen molar-refractivity contribution < 1.29 is 18.7 Å². The predicted octanol–water partition coefficient (Wildman–Crippen LogP) is 8.13. The number of nitrogens with zero attached hydrogens (tertiary/aromatic N) is 1. The highest BCUT2D eigenvalue weighted by Gasteiger charge is 2.30. The summed E-state index contributed by atoms with van der Waals surface area (Å²) in [4.78, 5) is 14.1. The lowest BCUT2D eigenvalue weighted by Crippen LogP contribution is -2.21. The van der Waals surface area contributed by atoms with E-state index >= 15 is 0 Å². The van der Waals surface area contributed by atoms with Crippen molar-refractivity contribution in [2.24, 2.45) is 0 Å². The van der Waals surface area contributed by atoms with Crippen LogP contribution in [-0.4, -0.2) is 30.0 Å².